The number of hydrogen-bond acceptors (Lipinski definition) is 3. The van der Waals surface area contributed by atoms with Gasteiger partial charge in [0.1, 0.15) is 0 Å². The molecule has 6 nitrogen and oxygen atoms in total. The minimum absolute atomic E-state index is 0.338. The molecule has 13 heavy (non-hydrogen) atoms. The molecule has 1 saturated heterocycles. The van der Waals surface area contributed by atoms with Crippen LogP contribution >= 0.6 is 7.75 Å². The van der Waals surface area contributed by atoms with Gasteiger partial charge in [0.25, 0.3) is 0 Å². The molecule has 0 aliphatic carbocycles. The van der Waals surface area contributed by atoms with Crippen molar-refractivity contribution in [1.29, 1.82) is 0 Å². The molecule has 1 fully saturated rings. The van der Waals surface area contributed by atoms with Crippen LogP contribution in [0.1, 0.15) is 0 Å². The van der Waals surface area contributed by atoms with E-state index in [-0.39, 0.29) is 0 Å². The Kier molecular flexibility index (Phi) is 4.31. The fourth-order valence-corrected chi connectivity index (χ4v) is 1.68. The zero-order valence-electron chi connectivity index (χ0n) is 7.44. The summed E-state index contributed by atoms with van der Waals surface area (Å²) in [6, 6.07) is 0. The summed E-state index contributed by atoms with van der Waals surface area (Å²) in [4.78, 5) is 19.2. The minimum atomic E-state index is -4.03. The molecule has 7 heteroatoms. The fraction of sp³-hybridized carbons (Fsp3) is 1.00. The molecule has 0 bridgehead atoms. The maximum Gasteiger partial charge on any atom is 0.400 e. The molecule has 0 aromatic heterocycles. The number of nitrogens with one attached hydrogen (secondary N) is 2. The number of piperazine rings is 1. The molecular weight excluding hydrogens is 193 g/mol. The minimum Gasteiger partial charge on any atom is -0.314 e. The molecule has 78 valence electrons. The van der Waals surface area contributed by atoms with Crippen molar-refractivity contribution >= 4 is 7.75 Å². The Balaban J connectivity index is 2.08. The van der Waals surface area contributed by atoms with Crippen molar-refractivity contribution in [2.45, 2.75) is 0 Å². The molecule has 1 heterocycles. The molecule has 0 saturated carbocycles. The number of hydrogen-bond donors (Lipinski definition) is 4. The lowest BCUT2D eigenvalue weighted by atomic mass is 10.3. The van der Waals surface area contributed by atoms with E-state index >= 15 is 0 Å². The van der Waals surface area contributed by atoms with Gasteiger partial charge in [0.15, 0.2) is 0 Å². The van der Waals surface area contributed by atoms with Crippen LogP contribution in [0.15, 0.2) is 0 Å². The topological polar surface area (TPSA) is 84.8 Å². The molecule has 0 radical (unpaired) electrons. The van der Waals surface area contributed by atoms with Crippen molar-refractivity contribution in [3.05, 3.63) is 0 Å². The van der Waals surface area contributed by atoms with E-state index in [1.807, 2.05) is 0 Å². The summed E-state index contributed by atoms with van der Waals surface area (Å²) in [5.74, 6) is 0. The van der Waals surface area contributed by atoms with Gasteiger partial charge in [-0.1, -0.05) is 0 Å². The van der Waals surface area contributed by atoms with Crippen LogP contribution in [0.5, 0.6) is 0 Å². The highest BCUT2D eigenvalue weighted by Crippen LogP contribution is 2.27. The molecule has 1 aliphatic rings. The Bertz CT molecular complexity index is 190. The second-order valence-corrected chi connectivity index (χ2v) is 4.45. The average Bonchev–Trinajstić information content (AvgIpc) is 2.04. The molecule has 0 spiro atoms. The van der Waals surface area contributed by atoms with Gasteiger partial charge in [0, 0.05) is 39.3 Å². The van der Waals surface area contributed by atoms with E-state index in [1.54, 1.807) is 0 Å². The van der Waals surface area contributed by atoms with Gasteiger partial charge in [-0.05, 0) is 0 Å². The monoisotopic (exact) mass is 209 g/mol. The average molecular weight is 209 g/mol. The second kappa shape index (κ2) is 5.05. The van der Waals surface area contributed by atoms with Crippen LogP contribution < -0.4 is 10.4 Å². The third kappa shape index (κ3) is 5.36. The molecule has 0 aromatic rings. The van der Waals surface area contributed by atoms with Crippen LogP contribution in [-0.4, -0.2) is 54.0 Å². The Labute approximate surface area is 77.5 Å². The predicted octanol–water partition coefficient (Wildman–Crippen LogP) is -1.43. The number of nitrogens with zero attached hydrogens (tertiary/aromatic N) is 1. The van der Waals surface area contributed by atoms with Gasteiger partial charge < -0.3 is 15.1 Å². The quantitative estimate of drug-likeness (QED) is 0.425. The van der Waals surface area contributed by atoms with E-state index in [9.17, 15) is 4.57 Å². The van der Waals surface area contributed by atoms with E-state index in [1.165, 1.54) is 0 Å². The van der Waals surface area contributed by atoms with Crippen molar-refractivity contribution in [3.8, 4) is 0 Å². The molecule has 1 aliphatic heterocycles. The molecule has 0 amide bonds. The number of rotatable bonds is 4. The van der Waals surface area contributed by atoms with Crippen molar-refractivity contribution in [1.82, 2.24) is 15.3 Å². The molecule has 0 atom stereocenters. The highest BCUT2D eigenvalue weighted by molar-refractivity contribution is 7.49. The zero-order chi connectivity index (χ0) is 9.73. The first-order chi connectivity index (χ1) is 6.08. The summed E-state index contributed by atoms with van der Waals surface area (Å²) in [5, 5.41) is 5.38. The van der Waals surface area contributed by atoms with Crippen LogP contribution in [-0.2, 0) is 4.57 Å². The van der Waals surface area contributed by atoms with E-state index in [2.05, 4.69) is 15.3 Å². The van der Waals surface area contributed by atoms with Gasteiger partial charge in [-0.2, -0.15) is 0 Å². The normalized spacial score (nSPS) is 20.5. The molecule has 4 N–H and O–H groups in total. The highest BCUT2D eigenvalue weighted by Gasteiger charge is 2.13. The fourth-order valence-electron chi connectivity index (χ4n) is 1.29. The van der Waals surface area contributed by atoms with Gasteiger partial charge in [-0.15, -0.1) is 0 Å². The summed E-state index contributed by atoms with van der Waals surface area (Å²) in [7, 11) is -4.03. The van der Waals surface area contributed by atoms with Crippen molar-refractivity contribution in [2.75, 3.05) is 39.3 Å². The first-order valence-corrected chi connectivity index (χ1v) is 5.93. The van der Waals surface area contributed by atoms with Crippen LogP contribution in [0.3, 0.4) is 0 Å². The smallest absolute Gasteiger partial charge is 0.314 e. The van der Waals surface area contributed by atoms with Gasteiger partial charge in [0.05, 0.1) is 0 Å². The molecule has 0 unspecified atom stereocenters. The van der Waals surface area contributed by atoms with E-state index in [4.69, 9.17) is 9.79 Å². The second-order valence-electron chi connectivity index (χ2n) is 3.04. The van der Waals surface area contributed by atoms with E-state index in [0.717, 1.165) is 26.2 Å². The molecule has 0 aromatic carbocycles. The van der Waals surface area contributed by atoms with Crippen molar-refractivity contribution in [3.63, 3.8) is 0 Å². The highest BCUT2D eigenvalue weighted by atomic mass is 31.2. The van der Waals surface area contributed by atoms with Crippen LogP contribution in [0, 0.1) is 0 Å². The lowest BCUT2D eigenvalue weighted by Crippen LogP contribution is -2.45. The Morgan fingerprint density at radius 1 is 1.38 bits per heavy atom. The maximum absolute atomic E-state index is 10.4. The van der Waals surface area contributed by atoms with Crippen LogP contribution in [0.4, 0.5) is 0 Å². The van der Waals surface area contributed by atoms with E-state index in [0.29, 0.717) is 13.1 Å². The Morgan fingerprint density at radius 3 is 2.54 bits per heavy atom. The first kappa shape index (κ1) is 11.1. The van der Waals surface area contributed by atoms with E-state index < -0.39 is 7.75 Å². The Morgan fingerprint density at radius 2 is 2.00 bits per heavy atom. The Hall–Kier alpha value is 0.0300. The van der Waals surface area contributed by atoms with Crippen molar-refractivity contribution < 1.29 is 14.4 Å². The molecular formula is C6H16N3O3P. The van der Waals surface area contributed by atoms with Crippen LogP contribution in [0.2, 0.25) is 0 Å². The maximum atomic E-state index is 10.4. The third-order valence-electron chi connectivity index (χ3n) is 1.96. The lowest BCUT2D eigenvalue weighted by molar-refractivity contribution is 0.242. The zero-order valence-corrected chi connectivity index (χ0v) is 8.33. The molecule has 1 rings (SSSR count). The predicted molar refractivity (Wildman–Crippen MR) is 49.4 cm³/mol. The largest absolute Gasteiger partial charge is 0.400 e. The van der Waals surface area contributed by atoms with Crippen molar-refractivity contribution in [2.24, 2.45) is 0 Å². The SMILES string of the molecule is O=P(O)(O)NCCN1CCNCC1. The van der Waals surface area contributed by atoms with Gasteiger partial charge in [0.2, 0.25) is 0 Å². The van der Waals surface area contributed by atoms with Gasteiger partial charge >= 0.3 is 7.75 Å². The first-order valence-electron chi connectivity index (χ1n) is 4.32. The standard InChI is InChI=1S/C6H16N3O3P/c10-13(11,12)8-3-6-9-4-1-7-2-5-9/h7H,1-6H2,(H3,8,10,11,12). The van der Waals surface area contributed by atoms with Gasteiger partial charge in [-0.3, -0.25) is 4.90 Å². The third-order valence-corrected chi connectivity index (χ3v) is 2.59. The summed E-state index contributed by atoms with van der Waals surface area (Å²) in [6.07, 6.45) is 0. The van der Waals surface area contributed by atoms with Gasteiger partial charge in [-0.25, -0.2) is 9.65 Å². The summed E-state index contributed by atoms with van der Waals surface area (Å²) < 4.78 is 10.4. The lowest BCUT2D eigenvalue weighted by Gasteiger charge is -2.27. The van der Waals surface area contributed by atoms with Crippen LogP contribution in [0.25, 0.3) is 0 Å². The summed E-state index contributed by atoms with van der Waals surface area (Å²) in [6.45, 7) is 4.83. The summed E-state index contributed by atoms with van der Waals surface area (Å²) in [5.41, 5.74) is 0. The summed E-state index contributed by atoms with van der Waals surface area (Å²) >= 11 is 0.